The van der Waals surface area contributed by atoms with E-state index in [1.807, 2.05) is 12.1 Å². The summed E-state index contributed by atoms with van der Waals surface area (Å²) < 4.78 is 21.2. The molecule has 2 aromatic carbocycles. The van der Waals surface area contributed by atoms with E-state index in [9.17, 15) is 4.79 Å². The molecule has 0 unspecified atom stereocenters. The Morgan fingerprint density at radius 3 is 2.22 bits per heavy atom. The molecular formula is C20H18ClNO5. The van der Waals surface area contributed by atoms with Crippen molar-refractivity contribution in [3.63, 3.8) is 0 Å². The molecule has 0 aromatic heterocycles. The fraction of sp³-hybridized carbons (Fsp3) is 0.200. The quantitative estimate of drug-likeness (QED) is 0.555. The van der Waals surface area contributed by atoms with Crippen molar-refractivity contribution in [3.8, 4) is 17.2 Å². The van der Waals surface area contributed by atoms with E-state index in [1.54, 1.807) is 30.3 Å². The Morgan fingerprint density at radius 2 is 1.67 bits per heavy atom. The maximum atomic E-state index is 12.2. The van der Waals surface area contributed by atoms with Crippen molar-refractivity contribution in [1.29, 1.82) is 0 Å². The minimum absolute atomic E-state index is 0.202. The van der Waals surface area contributed by atoms with Gasteiger partial charge in [-0.05, 0) is 41.5 Å². The molecule has 6 nitrogen and oxygen atoms in total. The Balaban J connectivity index is 1.88. The Labute approximate surface area is 162 Å². The van der Waals surface area contributed by atoms with Crippen molar-refractivity contribution in [2.75, 3.05) is 21.3 Å². The van der Waals surface area contributed by atoms with E-state index in [-0.39, 0.29) is 5.70 Å². The summed E-state index contributed by atoms with van der Waals surface area (Å²) in [6.45, 7) is 0. The van der Waals surface area contributed by atoms with Crippen LogP contribution in [0.5, 0.6) is 17.2 Å². The standard InChI is InChI=1S/C20H18ClNO5/c1-24-16-9-13(10-17(25-2)19(16)26-3)8-15-20(23)27-18(22-15)11-12-4-6-14(21)7-5-12/h4-10H,11H2,1-3H3/b15-8+. The van der Waals surface area contributed by atoms with Gasteiger partial charge in [0.05, 0.1) is 21.3 Å². The van der Waals surface area contributed by atoms with Crippen LogP contribution in [0.25, 0.3) is 6.08 Å². The zero-order valence-corrected chi connectivity index (χ0v) is 15.9. The van der Waals surface area contributed by atoms with Gasteiger partial charge in [-0.25, -0.2) is 9.79 Å². The van der Waals surface area contributed by atoms with Crippen LogP contribution in [0.2, 0.25) is 5.02 Å². The first kappa shape index (κ1) is 18.8. The minimum atomic E-state index is -0.507. The maximum Gasteiger partial charge on any atom is 0.363 e. The Hall–Kier alpha value is -2.99. The van der Waals surface area contributed by atoms with E-state index < -0.39 is 5.97 Å². The Bertz CT molecular complexity index is 893. The molecule has 7 heteroatoms. The van der Waals surface area contributed by atoms with Crippen LogP contribution in [0.15, 0.2) is 47.1 Å². The zero-order valence-electron chi connectivity index (χ0n) is 15.1. The molecule has 140 valence electrons. The van der Waals surface area contributed by atoms with Crippen molar-refractivity contribution < 1.29 is 23.7 Å². The number of rotatable bonds is 6. The van der Waals surface area contributed by atoms with Gasteiger partial charge in [0.25, 0.3) is 0 Å². The number of nitrogens with zero attached hydrogens (tertiary/aromatic N) is 1. The SMILES string of the molecule is COc1cc(/C=C2/N=C(Cc3ccc(Cl)cc3)OC2=O)cc(OC)c1OC. The molecule has 0 atom stereocenters. The lowest BCUT2D eigenvalue weighted by molar-refractivity contribution is -0.130. The summed E-state index contributed by atoms with van der Waals surface area (Å²) in [4.78, 5) is 16.4. The highest BCUT2D eigenvalue weighted by molar-refractivity contribution is 6.30. The van der Waals surface area contributed by atoms with Crippen LogP contribution in [0.3, 0.4) is 0 Å². The number of aliphatic imine (C=N–C) groups is 1. The van der Waals surface area contributed by atoms with Crippen LogP contribution in [0.4, 0.5) is 0 Å². The van der Waals surface area contributed by atoms with E-state index in [1.165, 1.54) is 21.3 Å². The highest BCUT2D eigenvalue weighted by atomic mass is 35.5. The van der Waals surface area contributed by atoms with Gasteiger partial charge in [-0.15, -0.1) is 0 Å². The van der Waals surface area contributed by atoms with E-state index >= 15 is 0 Å². The van der Waals surface area contributed by atoms with E-state index in [4.69, 9.17) is 30.5 Å². The molecule has 0 spiro atoms. The van der Waals surface area contributed by atoms with Crippen LogP contribution in [-0.4, -0.2) is 33.2 Å². The second-order valence-electron chi connectivity index (χ2n) is 5.69. The first-order chi connectivity index (χ1) is 13.0. The number of carbonyl (C=O) groups is 1. The summed E-state index contributed by atoms with van der Waals surface area (Å²) in [6, 6.07) is 10.7. The molecule has 27 heavy (non-hydrogen) atoms. The molecule has 0 bridgehead atoms. The molecule has 1 heterocycles. The minimum Gasteiger partial charge on any atom is -0.493 e. The molecule has 1 aliphatic rings. The topological polar surface area (TPSA) is 66.4 Å². The number of ether oxygens (including phenoxy) is 4. The van der Waals surface area contributed by atoms with E-state index in [0.717, 1.165) is 5.56 Å². The first-order valence-corrected chi connectivity index (χ1v) is 8.47. The Morgan fingerprint density at radius 1 is 1.04 bits per heavy atom. The fourth-order valence-electron chi connectivity index (χ4n) is 2.65. The molecule has 1 aliphatic heterocycles. The summed E-state index contributed by atoms with van der Waals surface area (Å²) in [6.07, 6.45) is 2.01. The number of carbonyl (C=O) groups excluding carboxylic acids is 1. The number of halogens is 1. The van der Waals surface area contributed by atoms with Gasteiger partial charge in [-0.3, -0.25) is 0 Å². The van der Waals surface area contributed by atoms with Gasteiger partial charge in [-0.1, -0.05) is 23.7 Å². The summed E-state index contributed by atoms with van der Waals surface area (Å²) in [5.74, 6) is 1.28. The van der Waals surface area contributed by atoms with Crippen molar-refractivity contribution in [1.82, 2.24) is 0 Å². The van der Waals surface area contributed by atoms with Gasteiger partial charge in [0.1, 0.15) is 0 Å². The largest absolute Gasteiger partial charge is 0.493 e. The van der Waals surface area contributed by atoms with Crippen molar-refractivity contribution in [2.24, 2.45) is 4.99 Å². The number of methoxy groups -OCH3 is 3. The lowest BCUT2D eigenvalue weighted by Gasteiger charge is -2.12. The second-order valence-corrected chi connectivity index (χ2v) is 6.12. The van der Waals surface area contributed by atoms with Gasteiger partial charge in [0.2, 0.25) is 11.6 Å². The Kier molecular flexibility index (Phi) is 5.66. The fourth-order valence-corrected chi connectivity index (χ4v) is 2.77. The van der Waals surface area contributed by atoms with Crippen molar-refractivity contribution in [3.05, 3.63) is 58.2 Å². The van der Waals surface area contributed by atoms with Crippen LogP contribution in [0, 0.1) is 0 Å². The third-order valence-electron chi connectivity index (χ3n) is 3.92. The predicted octanol–water partition coefficient (Wildman–Crippen LogP) is 3.90. The van der Waals surface area contributed by atoms with Crippen LogP contribution in [0.1, 0.15) is 11.1 Å². The third kappa shape index (κ3) is 4.23. The molecule has 0 saturated carbocycles. The summed E-state index contributed by atoms with van der Waals surface area (Å²) in [5, 5.41) is 0.645. The molecule has 0 radical (unpaired) electrons. The predicted molar refractivity (Wildman–Crippen MR) is 103 cm³/mol. The highest BCUT2D eigenvalue weighted by Gasteiger charge is 2.23. The normalized spacial score (nSPS) is 14.7. The van der Waals surface area contributed by atoms with Crippen LogP contribution in [-0.2, 0) is 16.0 Å². The lowest BCUT2D eigenvalue weighted by Crippen LogP contribution is -2.06. The van der Waals surface area contributed by atoms with Gasteiger partial charge in [0.15, 0.2) is 17.2 Å². The summed E-state index contributed by atoms with van der Waals surface area (Å²) in [7, 11) is 4.58. The average Bonchev–Trinajstić information content (AvgIpc) is 3.01. The molecule has 0 fully saturated rings. The number of esters is 1. The zero-order chi connectivity index (χ0) is 19.4. The summed E-state index contributed by atoms with van der Waals surface area (Å²) >= 11 is 5.88. The smallest absolute Gasteiger partial charge is 0.363 e. The van der Waals surface area contributed by atoms with Gasteiger partial charge >= 0.3 is 5.97 Å². The van der Waals surface area contributed by atoms with E-state index in [0.29, 0.717) is 40.2 Å². The van der Waals surface area contributed by atoms with E-state index in [2.05, 4.69) is 4.99 Å². The molecule has 0 N–H and O–H groups in total. The number of hydrogen-bond donors (Lipinski definition) is 0. The first-order valence-electron chi connectivity index (χ1n) is 8.10. The van der Waals surface area contributed by atoms with Crippen molar-refractivity contribution in [2.45, 2.75) is 6.42 Å². The molecule has 0 aliphatic carbocycles. The van der Waals surface area contributed by atoms with Gasteiger partial charge in [-0.2, -0.15) is 0 Å². The maximum absolute atomic E-state index is 12.2. The van der Waals surface area contributed by atoms with Crippen molar-refractivity contribution >= 4 is 29.5 Å². The number of benzene rings is 2. The lowest BCUT2D eigenvalue weighted by atomic mass is 10.1. The molecular weight excluding hydrogens is 370 g/mol. The molecule has 2 aromatic rings. The molecule has 0 saturated heterocycles. The van der Waals surface area contributed by atoms with Crippen LogP contribution < -0.4 is 14.2 Å². The average molecular weight is 388 g/mol. The second kappa shape index (κ2) is 8.14. The number of cyclic esters (lactones) is 1. The molecule has 0 amide bonds. The van der Waals surface area contributed by atoms with Gasteiger partial charge < -0.3 is 18.9 Å². The highest BCUT2D eigenvalue weighted by Crippen LogP contribution is 2.39. The summed E-state index contributed by atoms with van der Waals surface area (Å²) in [5.41, 5.74) is 1.82. The van der Waals surface area contributed by atoms with Gasteiger partial charge in [0, 0.05) is 11.4 Å². The third-order valence-corrected chi connectivity index (χ3v) is 4.18. The van der Waals surface area contributed by atoms with Crippen LogP contribution >= 0.6 is 11.6 Å². The molecule has 3 rings (SSSR count). The number of hydrogen-bond acceptors (Lipinski definition) is 6. The monoisotopic (exact) mass is 387 g/mol.